The first-order chi connectivity index (χ1) is 26.0. The summed E-state index contributed by atoms with van der Waals surface area (Å²) in [5, 5.41) is 2.07. The first-order valence-corrected chi connectivity index (χ1v) is 18.3. The number of para-hydroxylation sites is 2. The minimum Gasteiger partial charge on any atom is -0.456 e. The normalized spacial score (nSPS) is 12.4. The topological polar surface area (TPSA) is 44.1 Å². The molecule has 0 fully saturated rings. The van der Waals surface area contributed by atoms with E-state index in [1.165, 1.54) is 6.07 Å². The van der Waals surface area contributed by atoms with E-state index < -0.39 is 11.7 Å². The van der Waals surface area contributed by atoms with Crippen molar-refractivity contribution in [2.45, 2.75) is 52.6 Å². The van der Waals surface area contributed by atoms with Gasteiger partial charge in [-0.05, 0) is 89.5 Å². The van der Waals surface area contributed by atoms with Gasteiger partial charge in [-0.2, -0.15) is 13.2 Å². The molecule has 0 amide bonds. The van der Waals surface area contributed by atoms with Gasteiger partial charge in [0.05, 0.1) is 27.8 Å². The number of hydrogen-bond acceptors (Lipinski definition) is 3. The minimum absolute atomic E-state index is 0.144. The van der Waals surface area contributed by atoms with Crippen molar-refractivity contribution in [1.29, 1.82) is 0 Å². The number of aryl methyl sites for hydroxylation is 1. The van der Waals surface area contributed by atoms with Gasteiger partial charge < -0.3 is 8.83 Å². The fraction of sp³-hybridized carbons (Fsp3) is 0.170. The van der Waals surface area contributed by atoms with Gasteiger partial charge in [0.2, 0.25) is 0 Å². The molecular weight excluding hydrogens is 682 g/mol. The van der Waals surface area contributed by atoms with Crippen molar-refractivity contribution in [2.24, 2.45) is 0 Å². The first-order valence-electron chi connectivity index (χ1n) is 18.3. The molecule has 0 atom stereocenters. The van der Waals surface area contributed by atoms with Crippen LogP contribution in [0.1, 0.15) is 61.8 Å². The second kappa shape index (κ2) is 12.5. The van der Waals surface area contributed by atoms with Gasteiger partial charge in [0.15, 0.2) is 0 Å². The van der Waals surface area contributed by atoms with Crippen molar-refractivity contribution >= 4 is 43.9 Å². The number of hydrogen-bond donors (Lipinski definition) is 0. The van der Waals surface area contributed by atoms with Crippen molar-refractivity contribution < 1.29 is 22.0 Å². The maximum absolute atomic E-state index is 14.1. The molecule has 4 nitrogen and oxygen atoms in total. The van der Waals surface area contributed by atoms with E-state index in [4.69, 9.17) is 13.8 Å². The maximum Gasteiger partial charge on any atom is 0.416 e. The number of halogens is 3. The highest BCUT2D eigenvalue weighted by atomic mass is 19.4. The summed E-state index contributed by atoms with van der Waals surface area (Å²) in [6, 6.07) is 38.5. The Bertz CT molecular complexity index is 2850. The van der Waals surface area contributed by atoms with Gasteiger partial charge in [0.1, 0.15) is 28.3 Å². The molecule has 0 saturated heterocycles. The number of rotatable bonds is 6. The molecule has 9 rings (SSSR count). The predicted molar refractivity (Wildman–Crippen MR) is 212 cm³/mol. The third-order valence-corrected chi connectivity index (χ3v) is 10.5. The molecule has 0 aliphatic carbocycles. The van der Waals surface area contributed by atoms with Crippen LogP contribution in [0.4, 0.5) is 13.2 Å². The SMILES string of the molecule is Cc1c(-c2ccccc2)oc2cc(-c3nc4ccccc4n3-c3c(C(C)C)cc(-c4ccccc4)cc3C(C)C)c3oc4cc(C(F)(F)F)ccc4c3c12. The highest BCUT2D eigenvalue weighted by Crippen LogP contribution is 2.48. The van der Waals surface area contributed by atoms with E-state index in [1.807, 2.05) is 67.6 Å². The average molecular weight is 719 g/mol. The summed E-state index contributed by atoms with van der Waals surface area (Å²) in [7, 11) is 0. The van der Waals surface area contributed by atoms with Crippen molar-refractivity contribution in [2.75, 3.05) is 0 Å². The molecule has 7 heteroatoms. The van der Waals surface area contributed by atoms with E-state index in [2.05, 4.69) is 74.7 Å². The van der Waals surface area contributed by atoms with Crippen LogP contribution < -0.4 is 0 Å². The molecule has 0 saturated carbocycles. The Labute approximate surface area is 310 Å². The lowest BCUT2D eigenvalue weighted by Gasteiger charge is -2.24. The van der Waals surface area contributed by atoms with Gasteiger partial charge in [-0.15, -0.1) is 0 Å². The van der Waals surface area contributed by atoms with Crippen LogP contribution in [0.3, 0.4) is 0 Å². The number of aromatic nitrogens is 2. The lowest BCUT2D eigenvalue weighted by Crippen LogP contribution is -2.09. The summed E-state index contributed by atoms with van der Waals surface area (Å²) in [4.78, 5) is 5.29. The van der Waals surface area contributed by atoms with E-state index in [0.717, 1.165) is 67.6 Å². The summed E-state index contributed by atoms with van der Waals surface area (Å²) in [6.45, 7) is 10.8. The van der Waals surface area contributed by atoms with Gasteiger partial charge in [0.25, 0.3) is 0 Å². The van der Waals surface area contributed by atoms with E-state index >= 15 is 0 Å². The van der Waals surface area contributed by atoms with Crippen molar-refractivity contribution in [3.63, 3.8) is 0 Å². The van der Waals surface area contributed by atoms with Crippen LogP contribution in [-0.4, -0.2) is 9.55 Å². The predicted octanol–water partition coefficient (Wildman–Crippen LogP) is 14.2. The molecule has 9 aromatic rings. The molecule has 6 aromatic carbocycles. The van der Waals surface area contributed by atoms with Gasteiger partial charge in [0, 0.05) is 27.3 Å². The monoisotopic (exact) mass is 718 g/mol. The highest BCUT2D eigenvalue weighted by Gasteiger charge is 2.33. The van der Waals surface area contributed by atoms with Crippen molar-refractivity contribution in [3.8, 4) is 39.5 Å². The summed E-state index contributed by atoms with van der Waals surface area (Å²) in [6.07, 6.45) is -4.53. The maximum atomic E-state index is 14.1. The molecule has 268 valence electrons. The Kier molecular flexibility index (Phi) is 7.82. The summed E-state index contributed by atoms with van der Waals surface area (Å²) in [5.41, 5.74) is 10.2. The Morgan fingerprint density at radius 3 is 1.91 bits per heavy atom. The van der Waals surface area contributed by atoms with Gasteiger partial charge in [-0.1, -0.05) is 100 Å². The molecule has 0 radical (unpaired) electrons. The molecule has 3 aromatic heterocycles. The van der Waals surface area contributed by atoms with Gasteiger partial charge >= 0.3 is 6.18 Å². The Morgan fingerprint density at radius 2 is 1.26 bits per heavy atom. The highest BCUT2D eigenvalue weighted by molar-refractivity contribution is 6.23. The van der Waals surface area contributed by atoms with Crippen LogP contribution >= 0.6 is 0 Å². The van der Waals surface area contributed by atoms with Crippen LogP contribution in [0.5, 0.6) is 0 Å². The lowest BCUT2D eigenvalue weighted by molar-refractivity contribution is -0.137. The van der Waals surface area contributed by atoms with Crippen LogP contribution in [0, 0.1) is 6.92 Å². The standard InChI is InChI=1S/C47H37F3N2O2/c1-26(2)34-22-31(29-14-8-6-9-15-29)23-35(27(3)4)43(34)52-38-19-13-12-18-37(38)51-46(52)36-25-40-41(28(5)44(54-40)30-16-10-7-11-17-30)42-33-21-20-32(47(48,49)50)24-39(33)53-45(36)42/h6-27H,1-5H3. The molecule has 0 aliphatic rings. The Balaban J connectivity index is 1.43. The third kappa shape index (κ3) is 5.32. The Hall–Kier alpha value is -6.08. The van der Waals surface area contributed by atoms with Gasteiger partial charge in [-0.25, -0.2) is 4.98 Å². The average Bonchev–Trinajstić information content (AvgIpc) is 3.85. The third-order valence-electron chi connectivity index (χ3n) is 10.5. The molecule has 0 unspecified atom stereocenters. The van der Waals surface area contributed by atoms with Crippen LogP contribution in [0.25, 0.3) is 83.5 Å². The number of nitrogens with zero attached hydrogens (tertiary/aromatic N) is 2. The van der Waals surface area contributed by atoms with Gasteiger partial charge in [-0.3, -0.25) is 4.57 Å². The van der Waals surface area contributed by atoms with E-state index in [9.17, 15) is 13.2 Å². The summed E-state index contributed by atoms with van der Waals surface area (Å²) in [5.74, 6) is 1.60. The number of alkyl halides is 3. The quantitative estimate of drug-likeness (QED) is 0.172. The molecule has 0 bridgehead atoms. The minimum atomic E-state index is -4.53. The number of benzene rings is 6. The largest absolute Gasteiger partial charge is 0.456 e. The second-order valence-electron chi connectivity index (χ2n) is 14.7. The van der Waals surface area contributed by atoms with Crippen LogP contribution in [-0.2, 0) is 6.18 Å². The zero-order valence-corrected chi connectivity index (χ0v) is 30.5. The van der Waals surface area contributed by atoms with Crippen molar-refractivity contribution in [1.82, 2.24) is 9.55 Å². The number of imidazole rings is 1. The lowest BCUT2D eigenvalue weighted by atomic mass is 9.88. The number of furan rings is 2. The molecule has 0 N–H and O–H groups in total. The fourth-order valence-corrected chi connectivity index (χ4v) is 7.94. The van der Waals surface area contributed by atoms with Crippen LogP contribution in [0.2, 0.25) is 0 Å². The molecule has 3 heterocycles. The van der Waals surface area contributed by atoms with Crippen LogP contribution in [0.15, 0.2) is 130 Å². The van der Waals surface area contributed by atoms with Crippen molar-refractivity contribution in [3.05, 3.63) is 144 Å². The molecule has 54 heavy (non-hydrogen) atoms. The summed E-state index contributed by atoms with van der Waals surface area (Å²) >= 11 is 0. The molecule has 0 aliphatic heterocycles. The molecule has 0 spiro atoms. The first kappa shape index (κ1) is 33.7. The zero-order valence-electron chi connectivity index (χ0n) is 30.5. The van der Waals surface area contributed by atoms with E-state index in [0.29, 0.717) is 39.1 Å². The summed E-state index contributed by atoms with van der Waals surface area (Å²) < 4.78 is 57.7. The fourth-order valence-electron chi connectivity index (χ4n) is 7.94. The Morgan fingerprint density at radius 1 is 0.630 bits per heavy atom. The zero-order chi connectivity index (χ0) is 37.5. The van der Waals surface area contributed by atoms with E-state index in [1.54, 1.807) is 0 Å². The smallest absolute Gasteiger partial charge is 0.416 e. The second-order valence-corrected chi connectivity index (χ2v) is 14.7. The number of fused-ring (bicyclic) bond motifs is 6. The molecular formula is C47H37F3N2O2. The van der Waals surface area contributed by atoms with E-state index in [-0.39, 0.29) is 17.4 Å².